The van der Waals surface area contributed by atoms with E-state index < -0.39 is 0 Å². The summed E-state index contributed by atoms with van der Waals surface area (Å²) < 4.78 is 7.18. The molecule has 31 heavy (non-hydrogen) atoms. The molecule has 0 unspecified atom stereocenters. The number of rotatable bonds is 9. The Labute approximate surface area is 192 Å². The summed E-state index contributed by atoms with van der Waals surface area (Å²) in [6, 6.07) is 0. The summed E-state index contributed by atoms with van der Waals surface area (Å²) in [7, 11) is 0. The average molecular weight is 467 g/mol. The Balaban J connectivity index is 1.69. The van der Waals surface area contributed by atoms with Crippen LogP contribution in [0, 0.1) is 13.8 Å². The van der Waals surface area contributed by atoms with E-state index in [1.807, 2.05) is 13.8 Å². The third kappa shape index (κ3) is 5.69. The number of carbonyl (C=O) groups excluding carboxylic acids is 1. The smallest absolute Gasteiger partial charge is 0.263 e. The normalized spacial score (nSPS) is 15.5. The van der Waals surface area contributed by atoms with Crippen molar-refractivity contribution in [3.05, 3.63) is 20.8 Å². The van der Waals surface area contributed by atoms with Crippen molar-refractivity contribution < 1.29 is 9.53 Å². The van der Waals surface area contributed by atoms with Crippen molar-refractivity contribution in [3.8, 4) is 0 Å². The quantitative estimate of drug-likeness (QED) is 0.452. The SMILES string of the molecule is CCCCn1c(SCC(=O)NCC(C)(C)N2CCOCC2)nc2sc(C)c(C)c2c1=O. The number of aryl methyl sites for hydroxylation is 2. The summed E-state index contributed by atoms with van der Waals surface area (Å²) in [6.45, 7) is 14.8. The molecule has 0 radical (unpaired) electrons. The number of ether oxygens (including phenoxy) is 1. The van der Waals surface area contributed by atoms with Crippen LogP contribution in [-0.4, -0.2) is 64.5 Å². The molecule has 0 bridgehead atoms. The van der Waals surface area contributed by atoms with Crippen LogP contribution in [0.5, 0.6) is 0 Å². The lowest BCUT2D eigenvalue weighted by atomic mass is 10.0. The van der Waals surface area contributed by atoms with Crippen molar-refractivity contribution in [1.29, 1.82) is 0 Å². The molecule has 0 atom stereocenters. The second-order valence-corrected chi connectivity index (χ2v) is 10.8. The number of thiophene rings is 1. The van der Waals surface area contributed by atoms with Crippen molar-refractivity contribution >= 4 is 39.2 Å². The van der Waals surface area contributed by atoms with E-state index in [9.17, 15) is 9.59 Å². The van der Waals surface area contributed by atoms with Gasteiger partial charge in [-0.15, -0.1) is 11.3 Å². The molecule has 7 nitrogen and oxygen atoms in total. The van der Waals surface area contributed by atoms with Gasteiger partial charge in [0.2, 0.25) is 5.91 Å². The molecule has 1 aliphatic heterocycles. The van der Waals surface area contributed by atoms with Crippen LogP contribution in [0.4, 0.5) is 0 Å². The van der Waals surface area contributed by atoms with Gasteiger partial charge in [-0.3, -0.25) is 19.1 Å². The van der Waals surface area contributed by atoms with Gasteiger partial charge in [0.25, 0.3) is 5.56 Å². The first-order valence-electron chi connectivity index (χ1n) is 11.0. The molecule has 1 N–H and O–H groups in total. The lowest BCUT2D eigenvalue weighted by Gasteiger charge is -2.40. The van der Waals surface area contributed by atoms with Gasteiger partial charge in [-0.25, -0.2) is 4.98 Å². The topological polar surface area (TPSA) is 76.5 Å². The first-order chi connectivity index (χ1) is 14.7. The van der Waals surface area contributed by atoms with Gasteiger partial charge in [-0.2, -0.15) is 0 Å². The number of nitrogens with zero attached hydrogens (tertiary/aromatic N) is 3. The van der Waals surface area contributed by atoms with Crippen molar-refractivity contribution in [2.75, 3.05) is 38.6 Å². The molecular formula is C22H34N4O3S2. The Bertz CT molecular complexity index is 977. The molecule has 172 valence electrons. The first kappa shape index (κ1) is 24.2. The zero-order valence-electron chi connectivity index (χ0n) is 19.2. The molecular weight excluding hydrogens is 432 g/mol. The van der Waals surface area contributed by atoms with Crippen molar-refractivity contribution in [2.24, 2.45) is 0 Å². The minimum absolute atomic E-state index is 0.0108. The minimum Gasteiger partial charge on any atom is -0.379 e. The second kappa shape index (κ2) is 10.5. The maximum Gasteiger partial charge on any atom is 0.263 e. The number of unbranched alkanes of at least 4 members (excludes halogenated alkanes) is 1. The van der Waals surface area contributed by atoms with E-state index in [-0.39, 0.29) is 22.8 Å². The average Bonchev–Trinajstić information content (AvgIpc) is 3.04. The van der Waals surface area contributed by atoms with Gasteiger partial charge < -0.3 is 10.1 Å². The third-order valence-corrected chi connectivity index (χ3v) is 7.98. The lowest BCUT2D eigenvalue weighted by molar-refractivity contribution is -0.119. The first-order valence-corrected chi connectivity index (χ1v) is 12.8. The fraction of sp³-hybridized carbons (Fsp3) is 0.682. The maximum atomic E-state index is 13.2. The lowest BCUT2D eigenvalue weighted by Crippen LogP contribution is -2.55. The molecule has 1 fully saturated rings. The van der Waals surface area contributed by atoms with Crippen LogP contribution in [-0.2, 0) is 16.1 Å². The zero-order valence-corrected chi connectivity index (χ0v) is 20.9. The number of fused-ring (bicyclic) bond motifs is 1. The largest absolute Gasteiger partial charge is 0.379 e. The van der Waals surface area contributed by atoms with Gasteiger partial charge in [0, 0.05) is 36.6 Å². The molecule has 9 heteroatoms. The Morgan fingerprint density at radius 2 is 2.00 bits per heavy atom. The van der Waals surface area contributed by atoms with E-state index in [1.165, 1.54) is 11.8 Å². The number of aromatic nitrogens is 2. The highest BCUT2D eigenvalue weighted by molar-refractivity contribution is 7.99. The van der Waals surface area contributed by atoms with E-state index >= 15 is 0 Å². The van der Waals surface area contributed by atoms with E-state index in [2.05, 4.69) is 31.0 Å². The highest BCUT2D eigenvalue weighted by Gasteiger charge is 2.28. The number of thioether (sulfide) groups is 1. The minimum atomic E-state index is -0.128. The summed E-state index contributed by atoms with van der Waals surface area (Å²) in [5, 5.41) is 4.42. The predicted octanol–water partition coefficient (Wildman–Crippen LogP) is 3.19. The van der Waals surface area contributed by atoms with E-state index in [1.54, 1.807) is 15.9 Å². The predicted molar refractivity (Wildman–Crippen MR) is 128 cm³/mol. The monoisotopic (exact) mass is 466 g/mol. The highest BCUT2D eigenvalue weighted by Crippen LogP contribution is 2.28. The van der Waals surface area contributed by atoms with Crippen LogP contribution in [0.2, 0.25) is 0 Å². The molecule has 3 rings (SSSR count). The number of carbonyl (C=O) groups is 1. The fourth-order valence-corrected chi connectivity index (χ4v) is 5.63. The number of morpholine rings is 1. The third-order valence-electron chi connectivity index (χ3n) is 5.91. The molecule has 0 saturated carbocycles. The Hall–Kier alpha value is -1.42. The number of amides is 1. The Morgan fingerprint density at radius 3 is 2.68 bits per heavy atom. The second-order valence-electron chi connectivity index (χ2n) is 8.65. The van der Waals surface area contributed by atoms with Gasteiger partial charge in [-0.1, -0.05) is 25.1 Å². The maximum absolute atomic E-state index is 13.2. The number of hydrogen-bond acceptors (Lipinski definition) is 7. The van der Waals surface area contributed by atoms with Crippen LogP contribution >= 0.6 is 23.1 Å². The van der Waals surface area contributed by atoms with Crippen molar-refractivity contribution in [3.63, 3.8) is 0 Å². The Kier molecular flexibility index (Phi) is 8.18. The van der Waals surface area contributed by atoms with Gasteiger partial charge >= 0.3 is 0 Å². The Morgan fingerprint density at radius 1 is 1.29 bits per heavy atom. The fourth-order valence-electron chi connectivity index (χ4n) is 3.71. The molecule has 0 spiro atoms. The van der Waals surface area contributed by atoms with Crippen LogP contribution in [0.15, 0.2) is 9.95 Å². The summed E-state index contributed by atoms with van der Waals surface area (Å²) in [6.07, 6.45) is 1.90. The molecule has 1 aliphatic rings. The van der Waals surface area contributed by atoms with Gasteiger partial charge in [0.1, 0.15) is 4.83 Å². The molecule has 2 aromatic rings. The van der Waals surface area contributed by atoms with E-state index in [4.69, 9.17) is 9.72 Å². The van der Waals surface area contributed by atoms with Crippen LogP contribution in [0.3, 0.4) is 0 Å². The summed E-state index contributed by atoms with van der Waals surface area (Å²) in [5.74, 6) is 0.202. The number of nitrogens with one attached hydrogen (secondary N) is 1. The van der Waals surface area contributed by atoms with E-state index in [0.717, 1.165) is 59.8 Å². The van der Waals surface area contributed by atoms with Gasteiger partial charge in [0.15, 0.2) is 5.16 Å². The highest BCUT2D eigenvalue weighted by atomic mass is 32.2. The van der Waals surface area contributed by atoms with Gasteiger partial charge in [0.05, 0.1) is 24.4 Å². The summed E-state index contributed by atoms with van der Waals surface area (Å²) >= 11 is 2.90. The summed E-state index contributed by atoms with van der Waals surface area (Å²) in [5.41, 5.74) is 0.898. The zero-order chi connectivity index (χ0) is 22.6. The van der Waals surface area contributed by atoms with Crippen LogP contribution in [0.1, 0.15) is 44.1 Å². The van der Waals surface area contributed by atoms with Crippen LogP contribution in [0.25, 0.3) is 10.2 Å². The molecule has 0 aliphatic carbocycles. The molecule has 3 heterocycles. The summed E-state index contributed by atoms with van der Waals surface area (Å²) in [4.78, 5) is 34.8. The number of hydrogen-bond donors (Lipinski definition) is 1. The molecule has 2 aromatic heterocycles. The van der Waals surface area contributed by atoms with Crippen molar-refractivity contribution in [1.82, 2.24) is 19.8 Å². The molecule has 0 aromatic carbocycles. The molecule has 1 amide bonds. The molecule has 1 saturated heterocycles. The van der Waals surface area contributed by atoms with E-state index in [0.29, 0.717) is 18.2 Å². The van der Waals surface area contributed by atoms with Crippen molar-refractivity contribution in [2.45, 2.75) is 64.7 Å². The van der Waals surface area contributed by atoms with Gasteiger partial charge in [-0.05, 0) is 39.7 Å². The standard InChI is InChI=1S/C22H34N4O3S2/c1-6-7-8-26-20(28)18-15(2)16(3)31-19(18)24-21(26)30-13-17(27)23-14-22(4,5)25-9-11-29-12-10-25/h6-14H2,1-5H3,(H,23,27). The van der Waals surface area contributed by atoms with Crippen LogP contribution < -0.4 is 10.9 Å².